The van der Waals surface area contributed by atoms with Gasteiger partial charge in [0, 0.05) is 34.9 Å². The van der Waals surface area contributed by atoms with Gasteiger partial charge in [0.2, 0.25) is 0 Å². The Morgan fingerprint density at radius 3 is 2.58 bits per heavy atom. The molecule has 0 radical (unpaired) electrons. The van der Waals surface area contributed by atoms with E-state index in [1.807, 2.05) is 24.1 Å². The van der Waals surface area contributed by atoms with Gasteiger partial charge in [-0.25, -0.2) is 8.42 Å². The van der Waals surface area contributed by atoms with E-state index in [1.54, 1.807) is 6.07 Å². The quantitative estimate of drug-likeness (QED) is 0.834. The first-order valence-corrected chi connectivity index (χ1v) is 9.00. The molecule has 0 saturated carbocycles. The minimum Gasteiger partial charge on any atom is -0.329 e. The summed E-state index contributed by atoms with van der Waals surface area (Å²) < 4.78 is 23.3. The lowest BCUT2D eigenvalue weighted by Gasteiger charge is -2.28. The first kappa shape index (κ1) is 16.9. The molecule has 1 aromatic rings. The number of hydrogen-bond donors (Lipinski definition) is 1. The van der Waals surface area contributed by atoms with Gasteiger partial charge in [-0.2, -0.15) is 0 Å². The third kappa shape index (κ3) is 5.39. The van der Waals surface area contributed by atoms with Crippen molar-refractivity contribution in [3.63, 3.8) is 0 Å². The molecule has 0 aliphatic rings. The van der Waals surface area contributed by atoms with Crippen LogP contribution in [0.4, 0.5) is 0 Å². The Labute approximate surface area is 128 Å². The van der Waals surface area contributed by atoms with E-state index in [2.05, 4.69) is 15.9 Å². The zero-order valence-electron chi connectivity index (χ0n) is 10.9. The summed E-state index contributed by atoms with van der Waals surface area (Å²) in [7, 11) is -1.11. The summed E-state index contributed by atoms with van der Waals surface area (Å²) in [5, 5.41) is 0.644. The lowest BCUT2D eigenvalue weighted by molar-refractivity contribution is 0.263. The molecule has 19 heavy (non-hydrogen) atoms. The van der Waals surface area contributed by atoms with Gasteiger partial charge in [0.15, 0.2) is 0 Å². The number of nitrogens with two attached hydrogens (primary N) is 1. The molecule has 0 fully saturated rings. The van der Waals surface area contributed by atoms with Crippen molar-refractivity contribution >= 4 is 37.4 Å². The molecule has 1 aromatic carbocycles. The van der Waals surface area contributed by atoms with Gasteiger partial charge in [-0.05, 0) is 24.7 Å². The highest BCUT2D eigenvalue weighted by Crippen LogP contribution is 2.29. The second kappa shape index (κ2) is 7.04. The molecule has 0 heterocycles. The maximum Gasteiger partial charge on any atom is 0.148 e. The minimum atomic E-state index is -2.98. The summed E-state index contributed by atoms with van der Waals surface area (Å²) in [4.78, 5) is 1.94. The monoisotopic (exact) mass is 368 g/mol. The van der Waals surface area contributed by atoms with E-state index < -0.39 is 9.84 Å². The maximum absolute atomic E-state index is 11.2. The first-order chi connectivity index (χ1) is 8.74. The van der Waals surface area contributed by atoms with E-state index in [4.69, 9.17) is 17.3 Å². The predicted molar refractivity (Wildman–Crippen MR) is 83.3 cm³/mol. The topological polar surface area (TPSA) is 63.4 Å². The standard InChI is InChI=1S/C12H18BrClN2O2S/c1-16(5-6-19(2,17)18)12(8-15)10-4-3-9(14)7-11(10)13/h3-4,7,12H,5-6,8,15H2,1-2H3. The van der Waals surface area contributed by atoms with Gasteiger partial charge in [-0.1, -0.05) is 33.6 Å². The fourth-order valence-corrected chi connectivity index (χ4v) is 3.35. The van der Waals surface area contributed by atoms with Crippen molar-refractivity contribution in [2.45, 2.75) is 6.04 Å². The Morgan fingerprint density at radius 2 is 2.11 bits per heavy atom. The summed E-state index contributed by atoms with van der Waals surface area (Å²) >= 11 is 9.37. The number of rotatable bonds is 6. The molecule has 0 amide bonds. The van der Waals surface area contributed by atoms with Crippen molar-refractivity contribution in [1.82, 2.24) is 4.90 Å². The average molecular weight is 370 g/mol. The van der Waals surface area contributed by atoms with Crippen LogP contribution in [-0.4, -0.2) is 45.5 Å². The second-order valence-electron chi connectivity index (χ2n) is 4.53. The van der Waals surface area contributed by atoms with Crippen LogP contribution in [0.5, 0.6) is 0 Å². The first-order valence-electron chi connectivity index (χ1n) is 5.77. The van der Waals surface area contributed by atoms with Gasteiger partial charge in [0.1, 0.15) is 9.84 Å². The molecule has 0 aromatic heterocycles. The highest BCUT2D eigenvalue weighted by Gasteiger charge is 2.19. The van der Waals surface area contributed by atoms with Crippen molar-refractivity contribution in [3.05, 3.63) is 33.3 Å². The smallest absolute Gasteiger partial charge is 0.148 e. The van der Waals surface area contributed by atoms with Crippen LogP contribution >= 0.6 is 27.5 Å². The molecule has 1 unspecified atom stereocenters. The zero-order valence-corrected chi connectivity index (χ0v) is 14.1. The number of hydrogen-bond acceptors (Lipinski definition) is 4. The third-order valence-electron chi connectivity index (χ3n) is 2.89. The molecular weight excluding hydrogens is 352 g/mol. The minimum absolute atomic E-state index is 0.0478. The van der Waals surface area contributed by atoms with Crippen LogP contribution in [-0.2, 0) is 9.84 Å². The van der Waals surface area contributed by atoms with Gasteiger partial charge < -0.3 is 5.73 Å². The molecule has 0 bridgehead atoms. The van der Waals surface area contributed by atoms with Crippen molar-refractivity contribution in [2.75, 3.05) is 32.1 Å². The van der Waals surface area contributed by atoms with Crippen LogP contribution in [0.25, 0.3) is 0 Å². The third-order valence-corrected chi connectivity index (χ3v) is 4.74. The molecule has 0 aliphatic carbocycles. The highest BCUT2D eigenvalue weighted by atomic mass is 79.9. The molecule has 108 valence electrons. The van der Waals surface area contributed by atoms with Crippen LogP contribution in [0, 0.1) is 0 Å². The fraction of sp³-hybridized carbons (Fsp3) is 0.500. The Hall–Kier alpha value is -0.140. The molecule has 0 saturated heterocycles. The van der Waals surface area contributed by atoms with E-state index >= 15 is 0 Å². The Balaban J connectivity index is 2.87. The Morgan fingerprint density at radius 1 is 1.47 bits per heavy atom. The van der Waals surface area contributed by atoms with Gasteiger partial charge in [0.25, 0.3) is 0 Å². The van der Waals surface area contributed by atoms with Gasteiger partial charge in [0.05, 0.1) is 5.75 Å². The number of halogens is 2. The summed E-state index contributed by atoms with van der Waals surface area (Å²) in [5.41, 5.74) is 6.81. The molecule has 1 atom stereocenters. The van der Waals surface area contributed by atoms with Gasteiger partial charge in [-0.15, -0.1) is 0 Å². The fourth-order valence-electron chi connectivity index (χ4n) is 1.78. The van der Waals surface area contributed by atoms with Crippen molar-refractivity contribution in [3.8, 4) is 0 Å². The molecular formula is C12H18BrClN2O2S. The number of nitrogens with zero attached hydrogens (tertiary/aromatic N) is 1. The lowest BCUT2D eigenvalue weighted by atomic mass is 10.1. The van der Waals surface area contributed by atoms with Crippen LogP contribution in [0.15, 0.2) is 22.7 Å². The van der Waals surface area contributed by atoms with Crippen LogP contribution in [0.2, 0.25) is 5.02 Å². The second-order valence-corrected chi connectivity index (χ2v) is 8.08. The number of sulfone groups is 1. The van der Waals surface area contributed by atoms with E-state index in [9.17, 15) is 8.42 Å². The predicted octanol–water partition coefficient (Wildman–Crippen LogP) is 2.08. The molecule has 4 nitrogen and oxygen atoms in total. The number of benzene rings is 1. The van der Waals surface area contributed by atoms with Crippen molar-refractivity contribution in [1.29, 1.82) is 0 Å². The van der Waals surface area contributed by atoms with Gasteiger partial charge >= 0.3 is 0 Å². The molecule has 1 rings (SSSR count). The normalized spacial score (nSPS) is 13.8. The molecule has 0 aliphatic heterocycles. The number of likely N-dealkylation sites (N-methyl/N-ethyl adjacent to an activating group) is 1. The van der Waals surface area contributed by atoms with Crippen LogP contribution in [0.1, 0.15) is 11.6 Å². The SMILES string of the molecule is CN(CCS(C)(=O)=O)C(CN)c1ccc(Cl)cc1Br. The van der Waals surface area contributed by atoms with E-state index in [1.165, 1.54) is 6.26 Å². The van der Waals surface area contributed by atoms with Crippen molar-refractivity contribution in [2.24, 2.45) is 5.73 Å². The summed E-state index contributed by atoms with van der Waals surface area (Å²) in [6, 6.07) is 5.47. The van der Waals surface area contributed by atoms with Crippen LogP contribution in [0.3, 0.4) is 0 Å². The zero-order chi connectivity index (χ0) is 14.6. The molecule has 2 N–H and O–H groups in total. The van der Waals surface area contributed by atoms with E-state index in [0.717, 1.165) is 10.0 Å². The van der Waals surface area contributed by atoms with E-state index in [-0.39, 0.29) is 11.8 Å². The lowest BCUT2D eigenvalue weighted by Crippen LogP contribution is -2.34. The Kier molecular flexibility index (Phi) is 6.26. The van der Waals surface area contributed by atoms with Crippen LogP contribution < -0.4 is 5.73 Å². The van der Waals surface area contributed by atoms with Crippen molar-refractivity contribution < 1.29 is 8.42 Å². The summed E-state index contributed by atoms with van der Waals surface area (Å²) in [6.45, 7) is 0.844. The summed E-state index contributed by atoms with van der Waals surface area (Å²) in [5.74, 6) is 0.116. The average Bonchev–Trinajstić information content (AvgIpc) is 2.29. The van der Waals surface area contributed by atoms with Gasteiger partial charge in [-0.3, -0.25) is 4.90 Å². The molecule has 0 spiro atoms. The molecule has 7 heteroatoms. The largest absolute Gasteiger partial charge is 0.329 e. The highest BCUT2D eigenvalue weighted by molar-refractivity contribution is 9.10. The Bertz CT molecular complexity index is 537. The summed E-state index contributed by atoms with van der Waals surface area (Å²) in [6.07, 6.45) is 1.23. The maximum atomic E-state index is 11.2. The van der Waals surface area contributed by atoms with E-state index in [0.29, 0.717) is 18.1 Å².